The molecule has 2 aromatic carbocycles. The molecule has 0 spiro atoms. The van der Waals surface area contributed by atoms with Gasteiger partial charge in [0.2, 0.25) is 0 Å². The van der Waals surface area contributed by atoms with Crippen LogP contribution in [0.4, 0.5) is 0 Å². The number of carbonyl (C=O) groups is 2. The van der Waals surface area contributed by atoms with Crippen LogP contribution in [0.3, 0.4) is 0 Å². The molecule has 26 heavy (non-hydrogen) atoms. The second-order valence-electron chi connectivity index (χ2n) is 6.08. The van der Waals surface area contributed by atoms with Crippen molar-refractivity contribution in [1.29, 1.82) is 0 Å². The fourth-order valence-electron chi connectivity index (χ4n) is 3.03. The Morgan fingerprint density at radius 2 is 1.69 bits per heavy atom. The SMILES string of the molecule is CCOC(=O)c1ccc(Cc2c[nH]c(-c3ccccc3)c2C(C)=O)cc1. The lowest BCUT2D eigenvalue weighted by molar-refractivity contribution is 0.0526. The standard InChI is InChI=1S/C22H21NO3/c1-3-26-22(25)18-11-9-16(10-12-18)13-19-14-23-21(20(19)15(2)24)17-7-5-4-6-8-17/h4-12,14,23H,3,13H2,1-2H3. The zero-order valence-electron chi connectivity index (χ0n) is 14.9. The van der Waals surface area contributed by atoms with Crippen LogP contribution in [0.5, 0.6) is 0 Å². The summed E-state index contributed by atoms with van der Waals surface area (Å²) in [6.07, 6.45) is 2.50. The summed E-state index contributed by atoms with van der Waals surface area (Å²) in [5, 5.41) is 0. The van der Waals surface area contributed by atoms with Crippen LogP contribution in [0, 0.1) is 0 Å². The average molecular weight is 347 g/mol. The van der Waals surface area contributed by atoms with Crippen molar-refractivity contribution in [3.63, 3.8) is 0 Å². The van der Waals surface area contributed by atoms with Gasteiger partial charge in [0.05, 0.1) is 17.9 Å². The molecule has 1 heterocycles. The smallest absolute Gasteiger partial charge is 0.338 e. The van der Waals surface area contributed by atoms with Crippen molar-refractivity contribution in [1.82, 2.24) is 4.98 Å². The zero-order chi connectivity index (χ0) is 18.5. The number of nitrogens with one attached hydrogen (secondary N) is 1. The largest absolute Gasteiger partial charge is 0.462 e. The molecule has 0 radical (unpaired) electrons. The molecule has 0 atom stereocenters. The lowest BCUT2D eigenvalue weighted by atomic mass is 9.97. The van der Waals surface area contributed by atoms with E-state index in [9.17, 15) is 9.59 Å². The highest BCUT2D eigenvalue weighted by atomic mass is 16.5. The van der Waals surface area contributed by atoms with Gasteiger partial charge in [0.1, 0.15) is 0 Å². The highest BCUT2D eigenvalue weighted by Crippen LogP contribution is 2.27. The molecule has 4 nitrogen and oxygen atoms in total. The molecule has 1 N–H and O–H groups in total. The maximum absolute atomic E-state index is 12.2. The normalized spacial score (nSPS) is 10.5. The van der Waals surface area contributed by atoms with Crippen LogP contribution in [0.15, 0.2) is 60.8 Å². The number of benzene rings is 2. The Morgan fingerprint density at radius 1 is 1.00 bits per heavy atom. The van der Waals surface area contributed by atoms with Gasteiger partial charge in [-0.25, -0.2) is 4.79 Å². The lowest BCUT2D eigenvalue weighted by Gasteiger charge is -2.06. The number of esters is 1. The Morgan fingerprint density at radius 3 is 2.31 bits per heavy atom. The summed E-state index contributed by atoms with van der Waals surface area (Å²) in [6.45, 7) is 3.73. The summed E-state index contributed by atoms with van der Waals surface area (Å²) in [5.74, 6) is -0.292. The summed E-state index contributed by atoms with van der Waals surface area (Å²) < 4.78 is 5.00. The van der Waals surface area contributed by atoms with Crippen LogP contribution in [0.1, 0.15) is 45.7 Å². The minimum absolute atomic E-state index is 0.0308. The number of Topliss-reactive ketones (excluding diaryl/α,β-unsaturated/α-hetero) is 1. The van der Waals surface area contributed by atoms with E-state index < -0.39 is 0 Å². The topological polar surface area (TPSA) is 59.2 Å². The van der Waals surface area contributed by atoms with Crippen molar-refractivity contribution in [3.8, 4) is 11.3 Å². The average Bonchev–Trinajstić information content (AvgIpc) is 3.07. The molecule has 3 rings (SSSR count). The van der Waals surface area contributed by atoms with Crippen molar-refractivity contribution >= 4 is 11.8 Å². The molecule has 0 aliphatic heterocycles. The summed E-state index contributed by atoms with van der Waals surface area (Å²) in [5.41, 5.74) is 5.05. The van der Waals surface area contributed by atoms with Crippen LogP contribution in [0.2, 0.25) is 0 Å². The third-order valence-corrected chi connectivity index (χ3v) is 4.24. The Kier molecular flexibility index (Phi) is 5.32. The Bertz CT molecular complexity index is 908. The fourth-order valence-corrected chi connectivity index (χ4v) is 3.03. The monoisotopic (exact) mass is 347 g/mol. The Hall–Kier alpha value is -3.14. The molecule has 0 aliphatic rings. The number of rotatable bonds is 6. The predicted octanol–water partition coefficient (Wildman–Crippen LogP) is 4.65. The minimum atomic E-state index is -0.323. The summed E-state index contributed by atoms with van der Waals surface area (Å²) in [4.78, 5) is 27.2. The Balaban J connectivity index is 1.87. The van der Waals surface area contributed by atoms with Gasteiger partial charge in [-0.1, -0.05) is 42.5 Å². The molecule has 0 unspecified atom stereocenters. The van der Waals surface area contributed by atoms with Gasteiger partial charge in [-0.2, -0.15) is 0 Å². The molecule has 0 aliphatic carbocycles. The van der Waals surface area contributed by atoms with Gasteiger partial charge in [0, 0.05) is 11.8 Å². The maximum Gasteiger partial charge on any atom is 0.338 e. The van der Waals surface area contributed by atoms with Crippen LogP contribution in [-0.2, 0) is 11.2 Å². The third-order valence-electron chi connectivity index (χ3n) is 4.24. The number of hydrogen-bond donors (Lipinski definition) is 1. The van der Waals surface area contributed by atoms with E-state index in [1.807, 2.05) is 48.7 Å². The van der Waals surface area contributed by atoms with Crippen LogP contribution in [0.25, 0.3) is 11.3 Å². The zero-order valence-corrected chi connectivity index (χ0v) is 14.9. The maximum atomic E-state index is 12.2. The van der Waals surface area contributed by atoms with Crippen LogP contribution < -0.4 is 0 Å². The molecule has 0 saturated heterocycles. The minimum Gasteiger partial charge on any atom is -0.462 e. The second kappa shape index (κ2) is 7.83. The molecule has 132 valence electrons. The van der Waals surface area contributed by atoms with E-state index in [0.29, 0.717) is 24.2 Å². The molecule has 4 heteroatoms. The molecule has 3 aromatic rings. The number of ketones is 1. The summed E-state index contributed by atoms with van der Waals surface area (Å²) >= 11 is 0. The summed E-state index contributed by atoms with van der Waals surface area (Å²) in [6, 6.07) is 17.1. The van der Waals surface area contributed by atoms with Crippen molar-refractivity contribution in [3.05, 3.63) is 83.0 Å². The van der Waals surface area contributed by atoms with Gasteiger partial charge in [0.15, 0.2) is 5.78 Å². The Labute approximate surface area is 152 Å². The van der Waals surface area contributed by atoms with E-state index in [-0.39, 0.29) is 11.8 Å². The highest BCUT2D eigenvalue weighted by Gasteiger charge is 2.17. The van der Waals surface area contributed by atoms with Gasteiger partial charge >= 0.3 is 5.97 Å². The van der Waals surface area contributed by atoms with E-state index in [2.05, 4.69) is 4.98 Å². The van der Waals surface area contributed by atoms with E-state index >= 15 is 0 Å². The first kappa shape index (κ1) is 17.7. The van der Waals surface area contributed by atoms with Gasteiger partial charge in [-0.15, -0.1) is 0 Å². The van der Waals surface area contributed by atoms with Gasteiger partial charge in [0.25, 0.3) is 0 Å². The first-order valence-electron chi connectivity index (χ1n) is 8.62. The van der Waals surface area contributed by atoms with Crippen molar-refractivity contribution < 1.29 is 14.3 Å². The van der Waals surface area contributed by atoms with Crippen molar-refractivity contribution in [2.45, 2.75) is 20.3 Å². The molecule has 0 amide bonds. The molecule has 1 aromatic heterocycles. The van der Waals surface area contributed by atoms with E-state index in [4.69, 9.17) is 4.74 Å². The van der Waals surface area contributed by atoms with E-state index in [1.165, 1.54) is 0 Å². The summed E-state index contributed by atoms with van der Waals surface area (Å²) in [7, 11) is 0. The van der Waals surface area contributed by atoms with E-state index in [0.717, 1.165) is 22.4 Å². The third kappa shape index (κ3) is 3.75. The number of H-pyrrole nitrogens is 1. The number of aromatic nitrogens is 1. The molecule has 0 saturated carbocycles. The van der Waals surface area contributed by atoms with Crippen molar-refractivity contribution in [2.24, 2.45) is 0 Å². The predicted molar refractivity (Wildman–Crippen MR) is 101 cm³/mol. The van der Waals surface area contributed by atoms with E-state index in [1.54, 1.807) is 26.0 Å². The van der Waals surface area contributed by atoms with Gasteiger partial charge in [-0.3, -0.25) is 4.79 Å². The molecular formula is C22H21NO3. The van der Waals surface area contributed by atoms with Crippen LogP contribution >= 0.6 is 0 Å². The number of aromatic amines is 1. The lowest BCUT2D eigenvalue weighted by Crippen LogP contribution is -2.04. The fraction of sp³-hybridized carbons (Fsp3) is 0.182. The molecule has 0 fully saturated rings. The quantitative estimate of drug-likeness (QED) is 0.521. The highest BCUT2D eigenvalue weighted by molar-refractivity contribution is 6.01. The van der Waals surface area contributed by atoms with Gasteiger partial charge in [-0.05, 0) is 49.1 Å². The molecular weight excluding hydrogens is 326 g/mol. The number of hydrogen-bond acceptors (Lipinski definition) is 3. The number of carbonyl (C=O) groups excluding carboxylic acids is 2. The number of ether oxygens (including phenoxy) is 1. The van der Waals surface area contributed by atoms with Crippen LogP contribution in [-0.4, -0.2) is 23.3 Å². The van der Waals surface area contributed by atoms with Crippen molar-refractivity contribution in [2.75, 3.05) is 6.61 Å². The first-order chi connectivity index (χ1) is 12.6. The molecule has 0 bridgehead atoms. The first-order valence-corrected chi connectivity index (χ1v) is 8.62. The van der Waals surface area contributed by atoms with Gasteiger partial charge < -0.3 is 9.72 Å². The second-order valence-corrected chi connectivity index (χ2v) is 6.08.